The number of nitrogens with zero attached hydrogens (tertiary/aromatic N) is 1. The average Bonchev–Trinajstić information content (AvgIpc) is 3.46. The smallest absolute Gasteiger partial charge is 0.488 e. The van der Waals surface area contributed by atoms with Gasteiger partial charge >= 0.3 is 7.12 Å². The first-order valence-corrected chi connectivity index (χ1v) is 26.9. The number of halogens is 3. The van der Waals surface area contributed by atoms with Crippen LogP contribution in [0, 0.1) is 34.6 Å². The van der Waals surface area contributed by atoms with Crippen molar-refractivity contribution in [3.63, 3.8) is 0 Å². The zero-order valence-corrected chi connectivity index (χ0v) is 47.8. The number of benzene rings is 11. The lowest BCUT2D eigenvalue weighted by Crippen LogP contribution is -2.29. The lowest BCUT2D eigenvalue weighted by atomic mass is 9.79. The molecule has 4 N–H and O–H groups in total. The van der Waals surface area contributed by atoms with Crippen molar-refractivity contribution in [2.45, 2.75) is 34.6 Å². The van der Waals surface area contributed by atoms with Crippen molar-refractivity contribution >= 4 is 122 Å². The van der Waals surface area contributed by atoms with E-state index in [1.165, 1.54) is 39.2 Å². The van der Waals surface area contributed by atoms with E-state index in [-0.39, 0.29) is 0 Å². The largest absolute Gasteiger partial charge is 0.508 e. The van der Waals surface area contributed by atoms with E-state index in [0.717, 1.165) is 103 Å². The van der Waals surface area contributed by atoms with E-state index >= 15 is 0 Å². The number of hydrogen-bond donors (Lipinski definition) is 4. The maximum atomic E-state index is 11.2. The second kappa shape index (κ2) is 27.0. The first kappa shape index (κ1) is 57.2. The maximum Gasteiger partial charge on any atom is 0.488 e. The van der Waals surface area contributed by atoms with Gasteiger partial charge in [0.15, 0.2) is 12.6 Å². The SMILES string of the molecule is Brc1ccc(Br)c2ccccc12.Cc1cc(-c2ccc(/C=N/O)c3ccccc23)ccc1O.Cc1ccc(-c2ccc(C=O)c3ccccc23)cc1C.Cc1ccc(B(O)O)cc1C.O=Cc1ccc(Br)c2ccccc12. The van der Waals surface area contributed by atoms with Crippen LogP contribution in [0.5, 0.6) is 5.75 Å². The molecule has 0 spiro atoms. The minimum atomic E-state index is -1.35. The van der Waals surface area contributed by atoms with E-state index < -0.39 is 7.12 Å². The molecule has 11 heteroatoms. The summed E-state index contributed by atoms with van der Waals surface area (Å²) in [6.07, 6.45) is 3.25. The number of carbonyl (C=O) groups is 2. The molecule has 0 atom stereocenters. The van der Waals surface area contributed by atoms with E-state index in [9.17, 15) is 14.7 Å². The summed E-state index contributed by atoms with van der Waals surface area (Å²) >= 11 is 10.5. The summed E-state index contributed by atoms with van der Waals surface area (Å²) in [6.45, 7) is 10.1. The molecule has 0 amide bonds. The number of rotatable bonds is 6. The second-order valence-electron chi connectivity index (χ2n) is 18.3. The molecule has 0 aliphatic heterocycles. The highest BCUT2D eigenvalue weighted by atomic mass is 79.9. The fourth-order valence-electron chi connectivity index (χ4n) is 8.70. The molecule has 11 aromatic rings. The second-order valence-corrected chi connectivity index (χ2v) is 20.8. The number of carbonyl (C=O) groups excluding carboxylic acids is 2. The Labute approximate surface area is 474 Å². The fourth-order valence-corrected chi connectivity index (χ4v) is 10.1. The van der Waals surface area contributed by atoms with Crippen molar-refractivity contribution in [2.75, 3.05) is 0 Å². The minimum absolute atomic E-state index is 0.298. The number of aryl methyl sites for hydroxylation is 5. The van der Waals surface area contributed by atoms with Gasteiger partial charge in [-0.3, -0.25) is 9.59 Å². The van der Waals surface area contributed by atoms with Crippen molar-refractivity contribution in [1.82, 2.24) is 0 Å². The molecule has 0 heterocycles. The van der Waals surface area contributed by atoms with Gasteiger partial charge in [-0.1, -0.05) is 217 Å². The lowest BCUT2D eigenvalue weighted by molar-refractivity contribution is 0.111. The Bertz CT molecular complexity index is 3890. The molecule has 7 nitrogen and oxygen atoms in total. The summed E-state index contributed by atoms with van der Waals surface area (Å²) < 4.78 is 3.30. The zero-order valence-electron chi connectivity index (χ0n) is 43.0. The number of fused-ring (bicyclic) bond motifs is 4. The Hall–Kier alpha value is -7.51. The summed E-state index contributed by atoms with van der Waals surface area (Å²) in [4.78, 5) is 21.9. The van der Waals surface area contributed by atoms with Gasteiger partial charge in [-0.25, -0.2) is 0 Å². The van der Waals surface area contributed by atoms with Gasteiger partial charge in [0.25, 0.3) is 0 Å². The highest BCUT2D eigenvalue weighted by Crippen LogP contribution is 2.34. The van der Waals surface area contributed by atoms with Gasteiger partial charge in [-0.2, -0.15) is 0 Å². The number of oxime groups is 1. The van der Waals surface area contributed by atoms with Crippen LogP contribution in [0.1, 0.15) is 54.1 Å². The van der Waals surface area contributed by atoms with E-state index in [1.807, 2.05) is 166 Å². The molecular formula is C66H55BBr3NO6. The summed E-state index contributed by atoms with van der Waals surface area (Å²) in [5, 5.41) is 48.0. The maximum absolute atomic E-state index is 11.2. The van der Waals surface area contributed by atoms with E-state index in [1.54, 1.807) is 18.2 Å². The normalized spacial score (nSPS) is 10.6. The highest BCUT2D eigenvalue weighted by Gasteiger charge is 2.12. The van der Waals surface area contributed by atoms with Crippen LogP contribution in [0.3, 0.4) is 0 Å². The fraction of sp³-hybridized carbons (Fsp3) is 0.0758. The standard InChI is InChI=1S/C19H16O.C18H15NO2.C11H7BrO.C10H6Br2.C8H11BO2/c1-13-7-8-15(11-14(13)2)18-10-9-16(12-20)17-5-3-4-6-19(17)18;1-12-10-13(7-9-18(12)20)16-8-6-14(11-19-21)15-4-2-3-5-17(15)16;12-11-6-5-8(7-13)9-3-1-2-4-10(9)11;11-9-5-6-10(12)8-4-2-1-3-7(8)9;1-6-3-4-8(9(10)11)5-7(6)2/h3-12H,1-2H3;2-11,20-21H,1H3;1-7H;1-6H;3-5,10-11H,1-2H3/b;19-11+;;;. The molecule has 0 saturated heterocycles. The van der Waals surface area contributed by atoms with Crippen LogP contribution in [0.2, 0.25) is 0 Å². The van der Waals surface area contributed by atoms with Gasteiger partial charge in [0.2, 0.25) is 0 Å². The predicted octanol–water partition coefficient (Wildman–Crippen LogP) is 17.0. The molecule has 0 unspecified atom stereocenters. The van der Waals surface area contributed by atoms with Gasteiger partial charge in [0.1, 0.15) is 5.75 Å². The third kappa shape index (κ3) is 14.1. The monoisotopic (exact) mass is 1210 g/mol. The van der Waals surface area contributed by atoms with E-state index in [4.69, 9.17) is 15.3 Å². The quantitative estimate of drug-likeness (QED) is 0.0432. The van der Waals surface area contributed by atoms with Gasteiger partial charge in [0, 0.05) is 30.1 Å². The summed E-state index contributed by atoms with van der Waals surface area (Å²) in [5.74, 6) is 0.298. The van der Waals surface area contributed by atoms with Crippen LogP contribution in [-0.4, -0.2) is 46.3 Å². The summed E-state index contributed by atoms with van der Waals surface area (Å²) in [5.41, 5.74) is 13.1. The number of phenols is 1. The number of hydrogen-bond acceptors (Lipinski definition) is 7. The molecule has 11 rings (SSSR count). The number of aromatic hydroxyl groups is 1. The molecule has 0 bridgehead atoms. The third-order valence-corrected chi connectivity index (χ3v) is 15.3. The first-order valence-electron chi connectivity index (χ1n) is 24.6. The minimum Gasteiger partial charge on any atom is -0.508 e. The van der Waals surface area contributed by atoms with Gasteiger partial charge in [-0.05, 0) is 170 Å². The molecule has 0 aliphatic carbocycles. The Kier molecular flexibility index (Phi) is 20.1. The highest BCUT2D eigenvalue weighted by molar-refractivity contribution is 9.11. The van der Waals surface area contributed by atoms with Crippen LogP contribution in [-0.2, 0) is 0 Å². The van der Waals surface area contributed by atoms with Crippen LogP contribution < -0.4 is 5.46 Å². The molecule has 77 heavy (non-hydrogen) atoms. The predicted molar refractivity (Wildman–Crippen MR) is 332 cm³/mol. The molecule has 0 saturated carbocycles. The van der Waals surface area contributed by atoms with E-state index in [0.29, 0.717) is 11.2 Å². The number of aldehydes is 2. The van der Waals surface area contributed by atoms with Gasteiger partial charge in [-0.15, -0.1) is 0 Å². The van der Waals surface area contributed by atoms with Crippen LogP contribution in [0.25, 0.3) is 65.3 Å². The zero-order chi connectivity index (χ0) is 55.2. The van der Waals surface area contributed by atoms with E-state index in [2.05, 4.69) is 103 Å². The van der Waals surface area contributed by atoms with Gasteiger partial charge < -0.3 is 20.4 Å². The Morgan fingerprint density at radius 2 is 0.753 bits per heavy atom. The third-order valence-electron chi connectivity index (χ3n) is 13.2. The van der Waals surface area contributed by atoms with Crippen molar-refractivity contribution in [1.29, 1.82) is 0 Å². The Morgan fingerprint density at radius 3 is 1.19 bits per heavy atom. The molecule has 0 aromatic heterocycles. The van der Waals surface area contributed by atoms with Crippen molar-refractivity contribution in [2.24, 2.45) is 5.16 Å². The molecule has 0 aliphatic rings. The lowest BCUT2D eigenvalue weighted by Gasteiger charge is -2.10. The summed E-state index contributed by atoms with van der Waals surface area (Å²) in [6, 6.07) is 65.3. The topological polar surface area (TPSA) is 127 Å². The Balaban J connectivity index is 0.000000143. The van der Waals surface area contributed by atoms with Gasteiger partial charge in [0.05, 0.1) is 6.21 Å². The van der Waals surface area contributed by atoms with Crippen molar-refractivity contribution in [3.05, 3.63) is 258 Å². The molecule has 11 aromatic carbocycles. The van der Waals surface area contributed by atoms with Crippen LogP contribution in [0.15, 0.2) is 219 Å². The van der Waals surface area contributed by atoms with Crippen LogP contribution in [0.4, 0.5) is 0 Å². The van der Waals surface area contributed by atoms with Crippen LogP contribution >= 0.6 is 47.8 Å². The van der Waals surface area contributed by atoms with Crippen molar-refractivity contribution in [3.8, 4) is 28.0 Å². The molecule has 0 radical (unpaired) electrons. The Morgan fingerprint density at radius 1 is 0.390 bits per heavy atom. The first-order chi connectivity index (χ1) is 37.1. The molecular weight excluding hydrogens is 1150 g/mol. The van der Waals surface area contributed by atoms with Crippen molar-refractivity contribution < 1.29 is 30.0 Å². The molecule has 384 valence electrons. The number of phenolic OH excluding ortho intramolecular Hbond substituents is 1. The molecule has 0 fully saturated rings. The average molecular weight is 1210 g/mol. The summed E-state index contributed by atoms with van der Waals surface area (Å²) in [7, 11) is -1.35.